The maximum absolute atomic E-state index is 13.4. The standard InChI is InChI=1S/C22H24F2N2O2/c1-2-3-11-25(13-16-7-5-4-6-8-16)22(28)18-14-26(15-18)21(27)17-9-10-19(23)20(24)12-17/h4-10,12,18H,2-3,11,13-15H2,1H3. The summed E-state index contributed by atoms with van der Waals surface area (Å²) in [5.74, 6) is -2.64. The van der Waals surface area contributed by atoms with Gasteiger partial charge in [-0.3, -0.25) is 9.59 Å². The Hall–Kier alpha value is -2.76. The molecule has 0 unspecified atom stereocenters. The topological polar surface area (TPSA) is 40.6 Å². The Labute approximate surface area is 163 Å². The minimum Gasteiger partial charge on any atom is -0.338 e. The molecule has 0 atom stereocenters. The number of carbonyl (C=O) groups is 2. The molecular formula is C22H24F2N2O2. The van der Waals surface area contributed by atoms with Crippen LogP contribution in [0.25, 0.3) is 0 Å². The molecule has 0 saturated carbocycles. The van der Waals surface area contributed by atoms with Crippen LogP contribution in [0, 0.1) is 17.6 Å². The summed E-state index contributed by atoms with van der Waals surface area (Å²) in [6, 6.07) is 12.9. The van der Waals surface area contributed by atoms with Crippen molar-refractivity contribution in [1.29, 1.82) is 0 Å². The third-order valence-corrected chi connectivity index (χ3v) is 4.99. The fourth-order valence-corrected chi connectivity index (χ4v) is 3.29. The number of rotatable bonds is 7. The molecule has 2 amide bonds. The van der Waals surface area contributed by atoms with Crippen LogP contribution in [0.4, 0.5) is 8.78 Å². The highest BCUT2D eigenvalue weighted by Crippen LogP contribution is 2.23. The number of amides is 2. The lowest BCUT2D eigenvalue weighted by Gasteiger charge is -2.40. The molecule has 1 aliphatic heterocycles. The van der Waals surface area contributed by atoms with E-state index in [-0.39, 0.29) is 23.3 Å². The van der Waals surface area contributed by atoms with Gasteiger partial charge in [0.15, 0.2) is 11.6 Å². The van der Waals surface area contributed by atoms with Gasteiger partial charge in [-0.15, -0.1) is 0 Å². The molecule has 2 aromatic rings. The van der Waals surface area contributed by atoms with Crippen LogP contribution in [-0.4, -0.2) is 41.2 Å². The smallest absolute Gasteiger partial charge is 0.254 e. The van der Waals surface area contributed by atoms with E-state index in [9.17, 15) is 18.4 Å². The maximum atomic E-state index is 13.4. The van der Waals surface area contributed by atoms with Gasteiger partial charge in [-0.1, -0.05) is 43.7 Å². The lowest BCUT2D eigenvalue weighted by molar-refractivity contribution is -0.140. The van der Waals surface area contributed by atoms with Gasteiger partial charge in [0.05, 0.1) is 5.92 Å². The zero-order valence-corrected chi connectivity index (χ0v) is 15.9. The highest BCUT2D eigenvalue weighted by atomic mass is 19.2. The minimum absolute atomic E-state index is 0.0339. The van der Waals surface area contributed by atoms with Crippen LogP contribution in [0.5, 0.6) is 0 Å². The Morgan fingerprint density at radius 3 is 2.43 bits per heavy atom. The van der Waals surface area contributed by atoms with Crippen LogP contribution in [0.2, 0.25) is 0 Å². The average molecular weight is 386 g/mol. The van der Waals surface area contributed by atoms with Crippen molar-refractivity contribution in [3.8, 4) is 0 Å². The van der Waals surface area contributed by atoms with Gasteiger partial charge in [-0.2, -0.15) is 0 Å². The minimum atomic E-state index is -1.05. The van der Waals surface area contributed by atoms with E-state index in [1.165, 1.54) is 11.0 Å². The van der Waals surface area contributed by atoms with Crippen LogP contribution in [0.1, 0.15) is 35.7 Å². The Balaban J connectivity index is 1.60. The second kappa shape index (κ2) is 8.95. The van der Waals surface area contributed by atoms with Gasteiger partial charge in [0.1, 0.15) is 0 Å². The third kappa shape index (κ3) is 4.55. The first-order valence-corrected chi connectivity index (χ1v) is 9.56. The number of carbonyl (C=O) groups excluding carboxylic acids is 2. The van der Waals surface area contributed by atoms with Gasteiger partial charge in [0, 0.05) is 31.7 Å². The summed E-state index contributed by atoms with van der Waals surface area (Å²) in [4.78, 5) is 28.7. The third-order valence-electron chi connectivity index (χ3n) is 4.99. The van der Waals surface area contributed by atoms with E-state index >= 15 is 0 Å². The SMILES string of the molecule is CCCCN(Cc1ccccc1)C(=O)C1CN(C(=O)c2ccc(F)c(F)c2)C1. The molecule has 28 heavy (non-hydrogen) atoms. The number of benzene rings is 2. The zero-order chi connectivity index (χ0) is 20.1. The van der Waals surface area contributed by atoms with Crippen molar-refractivity contribution in [3.63, 3.8) is 0 Å². The van der Waals surface area contributed by atoms with Gasteiger partial charge in [-0.25, -0.2) is 8.78 Å². The Kier molecular flexibility index (Phi) is 6.39. The van der Waals surface area contributed by atoms with Crippen LogP contribution in [-0.2, 0) is 11.3 Å². The van der Waals surface area contributed by atoms with E-state index < -0.39 is 11.6 Å². The van der Waals surface area contributed by atoms with E-state index in [1.807, 2.05) is 35.2 Å². The summed E-state index contributed by atoms with van der Waals surface area (Å²) in [6.45, 7) is 3.91. The summed E-state index contributed by atoms with van der Waals surface area (Å²) >= 11 is 0. The van der Waals surface area contributed by atoms with Crippen molar-refractivity contribution in [2.24, 2.45) is 5.92 Å². The van der Waals surface area contributed by atoms with Crippen molar-refractivity contribution in [2.45, 2.75) is 26.3 Å². The molecule has 1 fully saturated rings. The maximum Gasteiger partial charge on any atom is 0.254 e. The summed E-state index contributed by atoms with van der Waals surface area (Å²) in [7, 11) is 0. The van der Waals surface area contributed by atoms with Gasteiger partial charge >= 0.3 is 0 Å². The number of unbranched alkanes of at least 4 members (excludes halogenated alkanes) is 1. The fourth-order valence-electron chi connectivity index (χ4n) is 3.29. The van der Waals surface area contributed by atoms with E-state index in [1.54, 1.807) is 0 Å². The number of hydrogen-bond donors (Lipinski definition) is 0. The summed E-state index contributed by atoms with van der Waals surface area (Å²) in [5, 5.41) is 0. The van der Waals surface area contributed by atoms with E-state index in [0.717, 1.165) is 30.5 Å². The number of nitrogens with zero attached hydrogens (tertiary/aromatic N) is 2. The summed E-state index contributed by atoms with van der Waals surface area (Å²) < 4.78 is 26.4. The van der Waals surface area contributed by atoms with E-state index in [0.29, 0.717) is 26.2 Å². The second-order valence-corrected chi connectivity index (χ2v) is 7.13. The van der Waals surface area contributed by atoms with Crippen molar-refractivity contribution in [1.82, 2.24) is 9.80 Å². The normalized spacial score (nSPS) is 13.9. The lowest BCUT2D eigenvalue weighted by atomic mass is 9.96. The summed E-state index contributed by atoms with van der Waals surface area (Å²) in [5.41, 5.74) is 1.16. The van der Waals surface area contributed by atoms with Crippen LogP contribution in [0.3, 0.4) is 0 Å². The Morgan fingerprint density at radius 1 is 1.07 bits per heavy atom. The van der Waals surface area contributed by atoms with Gasteiger partial charge < -0.3 is 9.80 Å². The average Bonchev–Trinajstić information content (AvgIpc) is 2.66. The molecule has 0 radical (unpaired) electrons. The van der Waals surface area contributed by atoms with Crippen LogP contribution < -0.4 is 0 Å². The number of halogens is 2. The fraction of sp³-hybridized carbons (Fsp3) is 0.364. The van der Waals surface area contributed by atoms with E-state index in [2.05, 4.69) is 6.92 Å². The van der Waals surface area contributed by atoms with Gasteiger partial charge in [-0.05, 0) is 30.2 Å². The number of likely N-dealkylation sites (tertiary alicyclic amines) is 1. The molecule has 3 rings (SSSR count). The second-order valence-electron chi connectivity index (χ2n) is 7.13. The van der Waals surface area contributed by atoms with Crippen molar-refractivity contribution < 1.29 is 18.4 Å². The van der Waals surface area contributed by atoms with Crippen molar-refractivity contribution in [2.75, 3.05) is 19.6 Å². The number of hydrogen-bond acceptors (Lipinski definition) is 2. The first kappa shape index (κ1) is 20.0. The zero-order valence-electron chi connectivity index (χ0n) is 15.9. The molecule has 6 heteroatoms. The monoisotopic (exact) mass is 386 g/mol. The lowest BCUT2D eigenvalue weighted by Crippen LogP contribution is -2.56. The molecule has 0 bridgehead atoms. The van der Waals surface area contributed by atoms with E-state index in [4.69, 9.17) is 0 Å². The highest BCUT2D eigenvalue weighted by Gasteiger charge is 2.38. The molecule has 1 saturated heterocycles. The first-order valence-electron chi connectivity index (χ1n) is 9.56. The molecule has 4 nitrogen and oxygen atoms in total. The Morgan fingerprint density at radius 2 is 1.79 bits per heavy atom. The molecule has 148 valence electrons. The van der Waals surface area contributed by atoms with Gasteiger partial charge in [0.2, 0.25) is 5.91 Å². The van der Waals surface area contributed by atoms with Crippen molar-refractivity contribution >= 4 is 11.8 Å². The molecule has 1 heterocycles. The van der Waals surface area contributed by atoms with Crippen LogP contribution >= 0.6 is 0 Å². The molecule has 1 aliphatic rings. The van der Waals surface area contributed by atoms with Gasteiger partial charge in [0.25, 0.3) is 5.91 Å². The predicted molar refractivity (Wildman–Crippen MR) is 103 cm³/mol. The van der Waals surface area contributed by atoms with Crippen molar-refractivity contribution in [3.05, 3.63) is 71.3 Å². The molecule has 0 spiro atoms. The largest absolute Gasteiger partial charge is 0.338 e. The van der Waals surface area contributed by atoms with Crippen LogP contribution in [0.15, 0.2) is 48.5 Å². The summed E-state index contributed by atoms with van der Waals surface area (Å²) in [6.07, 6.45) is 1.91. The molecule has 0 aromatic heterocycles. The quantitative estimate of drug-likeness (QED) is 0.725. The molecule has 0 aliphatic carbocycles. The Bertz CT molecular complexity index is 836. The first-order chi connectivity index (χ1) is 13.5. The molecule has 2 aromatic carbocycles. The predicted octanol–water partition coefficient (Wildman–Crippen LogP) is 3.87. The highest BCUT2D eigenvalue weighted by molar-refractivity contribution is 5.96. The molecule has 0 N–H and O–H groups in total. The molecular weight excluding hydrogens is 362 g/mol.